The molecule has 1 heterocycles. The van der Waals surface area contributed by atoms with Crippen LogP contribution < -0.4 is 5.32 Å². The number of ether oxygens (including phenoxy) is 1. The number of rotatable bonds is 7. The van der Waals surface area contributed by atoms with Crippen molar-refractivity contribution in [3.8, 4) is 6.07 Å². The number of hydrogen-bond donors (Lipinski definition) is 1. The summed E-state index contributed by atoms with van der Waals surface area (Å²) in [6.07, 6.45) is 2.87. The molecule has 0 aromatic heterocycles. The highest BCUT2D eigenvalue weighted by Crippen LogP contribution is 2.20. The lowest BCUT2D eigenvalue weighted by Gasteiger charge is -2.36. The van der Waals surface area contributed by atoms with Crippen LogP contribution in [0.25, 0.3) is 0 Å². The molecule has 0 spiro atoms. The zero-order chi connectivity index (χ0) is 15.9. The molecule has 1 saturated heterocycles. The van der Waals surface area contributed by atoms with E-state index in [1.165, 1.54) is 0 Å². The number of carbonyl (C=O) groups is 1. The van der Waals surface area contributed by atoms with E-state index in [0.29, 0.717) is 31.8 Å². The lowest BCUT2D eigenvalue weighted by molar-refractivity contribution is -0.124. The molecule has 5 nitrogen and oxygen atoms in total. The number of amides is 1. The third-order valence-electron chi connectivity index (χ3n) is 3.97. The molecule has 1 aliphatic rings. The van der Waals surface area contributed by atoms with Crippen molar-refractivity contribution in [3.05, 3.63) is 0 Å². The Hall–Kier alpha value is -1.12. The van der Waals surface area contributed by atoms with Crippen molar-refractivity contribution in [2.24, 2.45) is 5.92 Å². The van der Waals surface area contributed by atoms with Crippen LogP contribution in [0.5, 0.6) is 0 Å². The fourth-order valence-electron chi connectivity index (χ4n) is 2.68. The third kappa shape index (κ3) is 6.45. The van der Waals surface area contributed by atoms with Gasteiger partial charge in [-0.25, -0.2) is 0 Å². The summed E-state index contributed by atoms with van der Waals surface area (Å²) in [5.41, 5.74) is -0.687. The molecule has 0 saturated carbocycles. The average molecular weight is 295 g/mol. The van der Waals surface area contributed by atoms with Crippen molar-refractivity contribution in [1.29, 1.82) is 5.26 Å². The lowest BCUT2D eigenvalue weighted by atomic mass is 9.89. The predicted molar refractivity (Wildman–Crippen MR) is 82.7 cm³/mol. The lowest BCUT2D eigenvalue weighted by Crippen LogP contribution is -2.53. The zero-order valence-corrected chi connectivity index (χ0v) is 13.8. The molecule has 120 valence electrons. The Kier molecular flexibility index (Phi) is 7.13. The van der Waals surface area contributed by atoms with Crippen LogP contribution >= 0.6 is 0 Å². The predicted octanol–water partition coefficient (Wildman–Crippen LogP) is 1.93. The number of piperidine rings is 1. The largest absolute Gasteiger partial charge is 0.378 e. The van der Waals surface area contributed by atoms with Gasteiger partial charge in [-0.15, -0.1) is 0 Å². The van der Waals surface area contributed by atoms with Crippen molar-refractivity contribution in [2.75, 3.05) is 26.7 Å². The molecule has 5 heteroatoms. The van der Waals surface area contributed by atoms with Crippen LogP contribution in [0.2, 0.25) is 0 Å². The Morgan fingerprint density at radius 2 is 2.00 bits per heavy atom. The van der Waals surface area contributed by atoms with Crippen molar-refractivity contribution >= 4 is 5.91 Å². The first-order valence-electron chi connectivity index (χ1n) is 7.89. The monoisotopic (exact) mass is 295 g/mol. The minimum atomic E-state index is -0.687. The normalized spacial score (nSPS) is 20.0. The second-order valence-corrected chi connectivity index (χ2v) is 6.61. The van der Waals surface area contributed by atoms with Gasteiger partial charge in [-0.1, -0.05) is 13.8 Å². The van der Waals surface area contributed by atoms with Gasteiger partial charge in [0.15, 0.2) is 0 Å². The molecule has 1 N–H and O–H groups in total. The summed E-state index contributed by atoms with van der Waals surface area (Å²) in [4.78, 5) is 14.2. The second kappa shape index (κ2) is 8.35. The highest BCUT2D eigenvalue weighted by atomic mass is 16.5. The van der Waals surface area contributed by atoms with Crippen molar-refractivity contribution in [3.63, 3.8) is 0 Å². The molecule has 0 radical (unpaired) electrons. The standard InChI is InChI=1S/C16H29N3O2/c1-13(2)11-14(3)21-10-5-15(20)18-16(12-17)6-8-19(4)9-7-16/h13-14H,5-11H2,1-4H3,(H,18,20). The topological polar surface area (TPSA) is 65.4 Å². The van der Waals surface area contributed by atoms with E-state index >= 15 is 0 Å². The molecular formula is C16H29N3O2. The van der Waals surface area contributed by atoms with Gasteiger partial charge in [-0.2, -0.15) is 5.26 Å². The van der Waals surface area contributed by atoms with E-state index in [4.69, 9.17) is 4.74 Å². The number of nitriles is 1. The summed E-state index contributed by atoms with van der Waals surface area (Å²) in [6.45, 7) is 8.45. The number of hydrogen-bond acceptors (Lipinski definition) is 4. The first kappa shape index (κ1) is 17.9. The van der Waals surface area contributed by atoms with Gasteiger partial charge in [-0.3, -0.25) is 4.79 Å². The van der Waals surface area contributed by atoms with Crippen molar-refractivity contribution in [1.82, 2.24) is 10.2 Å². The van der Waals surface area contributed by atoms with Crippen LogP contribution in [0, 0.1) is 17.2 Å². The Labute approximate surface area is 128 Å². The third-order valence-corrected chi connectivity index (χ3v) is 3.97. The highest BCUT2D eigenvalue weighted by Gasteiger charge is 2.35. The average Bonchev–Trinajstić information content (AvgIpc) is 2.41. The van der Waals surface area contributed by atoms with E-state index in [2.05, 4.69) is 30.1 Å². The van der Waals surface area contributed by atoms with Crippen LogP contribution in [0.15, 0.2) is 0 Å². The summed E-state index contributed by atoms with van der Waals surface area (Å²) in [7, 11) is 2.03. The highest BCUT2D eigenvalue weighted by molar-refractivity contribution is 5.77. The van der Waals surface area contributed by atoms with Gasteiger partial charge in [0.2, 0.25) is 5.91 Å². The summed E-state index contributed by atoms with van der Waals surface area (Å²) >= 11 is 0. The summed E-state index contributed by atoms with van der Waals surface area (Å²) < 4.78 is 5.64. The van der Waals surface area contributed by atoms with E-state index < -0.39 is 5.54 Å². The Morgan fingerprint density at radius 3 is 2.52 bits per heavy atom. The molecule has 1 rings (SSSR count). The fourth-order valence-corrected chi connectivity index (χ4v) is 2.68. The van der Waals surface area contributed by atoms with E-state index in [1.807, 2.05) is 14.0 Å². The van der Waals surface area contributed by atoms with Gasteiger partial charge in [0.05, 0.1) is 25.2 Å². The molecule has 1 aliphatic heterocycles. The first-order chi connectivity index (χ1) is 9.87. The maximum atomic E-state index is 12.0. The minimum Gasteiger partial charge on any atom is -0.378 e. The van der Waals surface area contributed by atoms with Gasteiger partial charge >= 0.3 is 0 Å². The first-order valence-corrected chi connectivity index (χ1v) is 7.89. The van der Waals surface area contributed by atoms with Crippen LogP contribution in [0.4, 0.5) is 0 Å². The number of likely N-dealkylation sites (tertiary alicyclic amines) is 1. The summed E-state index contributed by atoms with van der Waals surface area (Å²) in [6, 6.07) is 2.29. The molecule has 1 unspecified atom stereocenters. The molecule has 0 bridgehead atoms. The number of nitrogens with zero attached hydrogens (tertiary/aromatic N) is 2. The molecule has 0 aliphatic carbocycles. The number of nitrogens with one attached hydrogen (secondary N) is 1. The van der Waals surface area contributed by atoms with E-state index in [9.17, 15) is 10.1 Å². The maximum absolute atomic E-state index is 12.0. The molecule has 0 aromatic rings. The smallest absolute Gasteiger partial charge is 0.223 e. The SMILES string of the molecule is CC(C)CC(C)OCCC(=O)NC1(C#N)CCN(C)CC1. The zero-order valence-electron chi connectivity index (χ0n) is 13.8. The van der Waals surface area contributed by atoms with Gasteiger partial charge in [0.25, 0.3) is 0 Å². The molecule has 1 fully saturated rings. The Morgan fingerprint density at radius 1 is 1.38 bits per heavy atom. The maximum Gasteiger partial charge on any atom is 0.223 e. The fraction of sp³-hybridized carbons (Fsp3) is 0.875. The van der Waals surface area contributed by atoms with Crippen LogP contribution in [-0.2, 0) is 9.53 Å². The van der Waals surface area contributed by atoms with Crippen LogP contribution in [0.3, 0.4) is 0 Å². The minimum absolute atomic E-state index is 0.0853. The molecule has 1 amide bonds. The van der Waals surface area contributed by atoms with Crippen molar-refractivity contribution in [2.45, 2.75) is 58.1 Å². The molecule has 21 heavy (non-hydrogen) atoms. The number of carbonyl (C=O) groups excluding carboxylic acids is 1. The van der Waals surface area contributed by atoms with Gasteiger partial charge in [-0.05, 0) is 39.2 Å². The van der Waals surface area contributed by atoms with E-state index in [1.54, 1.807) is 0 Å². The van der Waals surface area contributed by atoms with E-state index in [0.717, 1.165) is 19.5 Å². The van der Waals surface area contributed by atoms with E-state index in [-0.39, 0.29) is 12.0 Å². The van der Waals surface area contributed by atoms with Gasteiger partial charge in [0, 0.05) is 13.1 Å². The molecule has 1 atom stereocenters. The van der Waals surface area contributed by atoms with Crippen LogP contribution in [0.1, 0.15) is 46.5 Å². The Bertz CT molecular complexity index is 368. The molecular weight excluding hydrogens is 266 g/mol. The van der Waals surface area contributed by atoms with Crippen LogP contribution in [-0.4, -0.2) is 49.2 Å². The van der Waals surface area contributed by atoms with Gasteiger partial charge in [0.1, 0.15) is 5.54 Å². The molecule has 0 aromatic carbocycles. The van der Waals surface area contributed by atoms with Gasteiger partial charge < -0.3 is 15.0 Å². The quantitative estimate of drug-likeness (QED) is 0.779. The Balaban J connectivity index is 2.31. The van der Waals surface area contributed by atoms with Crippen molar-refractivity contribution < 1.29 is 9.53 Å². The summed E-state index contributed by atoms with van der Waals surface area (Å²) in [5.74, 6) is 0.507. The summed E-state index contributed by atoms with van der Waals surface area (Å²) in [5, 5.41) is 12.3. The second-order valence-electron chi connectivity index (χ2n) is 6.61.